The number of carbonyl (C=O) groups is 5. The van der Waals surface area contributed by atoms with Gasteiger partial charge in [0.05, 0.1) is 39.5 Å². The molecule has 9 heterocycles. The van der Waals surface area contributed by atoms with Crippen LogP contribution in [0.2, 0.25) is 0 Å². The summed E-state index contributed by atoms with van der Waals surface area (Å²) >= 11 is 0. The second-order valence-electron chi connectivity index (χ2n) is 24.9. The fraction of sp³-hybridized carbons (Fsp3) is 0.446. The molecule has 28 heteroatoms. The number of carboxylic acid groups (broad SMARTS) is 2. The molecule has 8 N–H and O–H groups in total. The van der Waals surface area contributed by atoms with Gasteiger partial charge in [0.2, 0.25) is 17.8 Å². The average Bonchev–Trinajstić information content (AvgIpc) is 1.67. The van der Waals surface area contributed by atoms with Crippen molar-refractivity contribution in [2.75, 3.05) is 114 Å². The topological polar surface area (TPSA) is 328 Å². The number of carboxylic acids is 2. The number of hydrogen-bond acceptors (Lipinski definition) is 23. The van der Waals surface area contributed by atoms with Gasteiger partial charge in [0.15, 0.2) is 16.9 Å². The number of hydrogen-bond donors (Lipinski definition) is 8. The van der Waals surface area contributed by atoms with Gasteiger partial charge < -0.3 is 56.3 Å². The fourth-order valence-corrected chi connectivity index (χ4v) is 12.4. The van der Waals surface area contributed by atoms with Crippen LogP contribution in [0, 0.1) is 0 Å². The summed E-state index contributed by atoms with van der Waals surface area (Å²) in [5, 5.41) is 35.2. The maximum Gasteiger partial charge on any atom is 0.414 e. The lowest BCUT2D eigenvalue weighted by Gasteiger charge is -2.32. The Bertz CT molecular complexity index is 3600. The lowest BCUT2D eigenvalue weighted by Crippen LogP contribution is -2.39. The molecule has 12 rings (SSSR count). The molecule has 28 nitrogen and oxygen atoms in total. The Labute approximate surface area is 595 Å². The zero-order chi connectivity index (χ0) is 71.7. The number of anilines is 3. The normalized spacial score (nSPS) is 14.7. The van der Waals surface area contributed by atoms with Crippen LogP contribution < -0.4 is 31.9 Å². The van der Waals surface area contributed by atoms with Crippen molar-refractivity contribution in [2.24, 2.45) is 0 Å². The van der Waals surface area contributed by atoms with E-state index < -0.39 is 11.9 Å². The van der Waals surface area contributed by atoms with Crippen LogP contribution in [0.1, 0.15) is 76.0 Å². The molecule has 102 heavy (non-hydrogen) atoms. The van der Waals surface area contributed by atoms with Crippen LogP contribution in [0.15, 0.2) is 146 Å². The third-order valence-electron chi connectivity index (χ3n) is 17.5. The van der Waals surface area contributed by atoms with Gasteiger partial charge in [-0.15, -0.1) is 0 Å². The van der Waals surface area contributed by atoms with E-state index in [1.54, 1.807) is 18.6 Å². The largest absolute Gasteiger partial charge is 0.473 e. The smallest absolute Gasteiger partial charge is 0.414 e. The lowest BCUT2D eigenvalue weighted by molar-refractivity contribution is -0.159. The molecule has 6 aromatic heterocycles. The minimum atomic E-state index is -1.82. The molecular weight excluding hydrogens is 1300 g/mol. The van der Waals surface area contributed by atoms with Crippen LogP contribution in [0.25, 0.3) is 33.5 Å². The first-order valence-corrected chi connectivity index (χ1v) is 35.4. The zero-order valence-corrected chi connectivity index (χ0v) is 58.7. The van der Waals surface area contributed by atoms with Crippen molar-refractivity contribution in [1.29, 1.82) is 0 Å². The van der Waals surface area contributed by atoms with E-state index in [1.807, 2.05) is 57.2 Å². The summed E-state index contributed by atoms with van der Waals surface area (Å²) in [7, 11) is 0. The quantitative estimate of drug-likeness (QED) is 0.00960. The Hall–Kier alpha value is -9.97. The number of pyridine rings is 3. The summed E-state index contributed by atoms with van der Waals surface area (Å²) in [4.78, 5) is 88.4. The number of piperidine rings is 3. The second-order valence-corrected chi connectivity index (χ2v) is 24.9. The third-order valence-corrected chi connectivity index (χ3v) is 17.5. The van der Waals surface area contributed by atoms with Crippen molar-refractivity contribution in [1.82, 2.24) is 74.3 Å². The molecule has 3 aliphatic rings. The highest BCUT2D eigenvalue weighted by Gasteiger charge is 2.26. The number of ether oxygens (including phenoxy) is 3. The number of fused-ring (bicyclic) bond motifs is 3. The van der Waals surface area contributed by atoms with Gasteiger partial charge in [0.1, 0.15) is 16.6 Å². The van der Waals surface area contributed by atoms with Crippen molar-refractivity contribution >= 4 is 81.2 Å². The number of nitrogens with one attached hydrogen (secondary N) is 6. The van der Waals surface area contributed by atoms with Crippen LogP contribution in [0.3, 0.4) is 0 Å². The molecule has 3 aliphatic heterocycles. The summed E-state index contributed by atoms with van der Waals surface area (Å²) in [6.07, 6.45) is 11.8. The van der Waals surface area contributed by atoms with Gasteiger partial charge in [0.25, 0.3) is 0 Å². The van der Waals surface area contributed by atoms with Gasteiger partial charge in [0, 0.05) is 135 Å². The summed E-state index contributed by atoms with van der Waals surface area (Å²) in [5.41, 5.74) is 9.29. The highest BCUT2D eigenvalue weighted by atomic mass is 16.5. The number of benzene rings is 3. The summed E-state index contributed by atoms with van der Waals surface area (Å²) in [5.74, 6) is -1.82. The second kappa shape index (κ2) is 41.1. The van der Waals surface area contributed by atoms with E-state index in [9.17, 15) is 14.4 Å². The van der Waals surface area contributed by atoms with Crippen molar-refractivity contribution in [3.05, 3.63) is 163 Å². The highest BCUT2D eigenvalue weighted by Crippen LogP contribution is 2.26. The van der Waals surface area contributed by atoms with Gasteiger partial charge in [-0.25, -0.2) is 39.5 Å². The van der Waals surface area contributed by atoms with Gasteiger partial charge in [-0.05, 0) is 112 Å². The lowest BCUT2D eigenvalue weighted by atomic mass is 10.0. The van der Waals surface area contributed by atoms with Gasteiger partial charge in [-0.1, -0.05) is 91.0 Å². The molecular formula is C74H98N18O10. The van der Waals surface area contributed by atoms with Crippen LogP contribution in [0.4, 0.5) is 17.8 Å². The van der Waals surface area contributed by atoms with Crippen molar-refractivity contribution < 1.29 is 48.4 Å². The predicted molar refractivity (Wildman–Crippen MR) is 391 cm³/mol. The van der Waals surface area contributed by atoms with Crippen LogP contribution >= 0.6 is 0 Å². The van der Waals surface area contributed by atoms with E-state index in [4.69, 9.17) is 49.0 Å². The Morgan fingerprint density at radius 1 is 0.392 bits per heavy atom. The summed E-state index contributed by atoms with van der Waals surface area (Å²) in [6, 6.07) is 44.7. The van der Waals surface area contributed by atoms with Crippen molar-refractivity contribution in [3.63, 3.8) is 0 Å². The molecule has 0 amide bonds. The Balaban J connectivity index is 0.000000171. The van der Waals surface area contributed by atoms with E-state index in [0.29, 0.717) is 77.2 Å². The predicted octanol–water partition coefficient (Wildman–Crippen LogP) is 7.14. The minimum absolute atomic E-state index is 0.205. The molecule has 3 saturated heterocycles. The zero-order valence-electron chi connectivity index (χ0n) is 58.7. The first-order chi connectivity index (χ1) is 49.8. The van der Waals surface area contributed by atoms with E-state index in [2.05, 4.69) is 166 Å². The minimum Gasteiger partial charge on any atom is -0.473 e. The molecule has 3 fully saturated rings. The van der Waals surface area contributed by atoms with Crippen molar-refractivity contribution in [2.45, 2.75) is 117 Å². The number of likely N-dealkylation sites (tertiary alicyclic amines) is 3. The van der Waals surface area contributed by atoms with Gasteiger partial charge >= 0.3 is 29.8 Å². The number of imidazole rings is 3. The number of aromatic nitrogens is 9. The number of nitrogens with zero attached hydrogens (tertiary/aromatic N) is 12. The Morgan fingerprint density at radius 3 is 0.902 bits per heavy atom. The Morgan fingerprint density at radius 2 is 0.657 bits per heavy atom. The van der Waals surface area contributed by atoms with E-state index in [1.165, 1.54) is 16.7 Å². The SMILES string of the molecule is CCOC(=O)CNCCn1c(NC2CCN(Cc3ccccc3)CC2)nc2cccnc21.CCOC(=O)CNCCn1c(NC2CCN(Cc3ccccc3)CC2)nc2cccnc21.CCOC(=O)CNCCn1c(NC2CCN(Cc3ccccc3)CC2)nc2cccnc21.O=C(O)C(=O)O. The monoisotopic (exact) mass is 1400 g/mol. The van der Waals surface area contributed by atoms with Crippen LogP contribution in [-0.4, -0.2) is 215 Å². The maximum absolute atomic E-state index is 11.6. The molecule has 0 spiro atoms. The summed E-state index contributed by atoms with van der Waals surface area (Å²) in [6.45, 7) is 20.5. The molecule has 0 radical (unpaired) electrons. The molecule has 0 unspecified atom stereocenters. The van der Waals surface area contributed by atoms with Crippen molar-refractivity contribution in [3.8, 4) is 0 Å². The molecule has 0 bridgehead atoms. The molecule has 9 aromatic rings. The van der Waals surface area contributed by atoms with E-state index in [0.717, 1.165) is 149 Å². The number of carbonyl (C=O) groups excluding carboxylic acids is 3. The molecule has 0 atom stereocenters. The third kappa shape index (κ3) is 24.4. The Kier molecular flexibility index (Phi) is 30.7. The fourth-order valence-electron chi connectivity index (χ4n) is 12.4. The standard InChI is InChI=1S/3C24H32N6O2.C2H2O4/c3*1-2-32-22(31)17-25-13-16-30-23-21(9-6-12-26-23)28-24(30)27-20-10-14-29(15-11-20)18-19-7-4-3-5-8-19;3-1(4)2(5)6/h3*3-9,12,20,25H,2,10-11,13-18H2,1H3,(H,27,28);(H,3,4)(H,5,6). The maximum atomic E-state index is 11.6. The van der Waals surface area contributed by atoms with E-state index in [-0.39, 0.29) is 37.5 Å². The molecule has 544 valence electrons. The molecule has 0 aliphatic carbocycles. The summed E-state index contributed by atoms with van der Waals surface area (Å²) < 4.78 is 21.2. The molecule has 0 saturated carbocycles. The number of esters is 3. The number of aliphatic carboxylic acids is 2. The average molecular weight is 1400 g/mol. The van der Waals surface area contributed by atoms with E-state index >= 15 is 0 Å². The number of rotatable bonds is 30. The first kappa shape index (κ1) is 76.2. The van der Waals surface area contributed by atoms with Gasteiger partial charge in [-0.3, -0.25) is 42.8 Å². The molecule has 3 aromatic carbocycles. The van der Waals surface area contributed by atoms with Crippen LogP contribution in [0.5, 0.6) is 0 Å². The van der Waals surface area contributed by atoms with Crippen LogP contribution in [-0.2, 0) is 77.5 Å². The van der Waals surface area contributed by atoms with Gasteiger partial charge in [-0.2, -0.15) is 0 Å². The first-order valence-electron chi connectivity index (χ1n) is 35.4. The highest BCUT2D eigenvalue weighted by molar-refractivity contribution is 6.27.